The summed E-state index contributed by atoms with van der Waals surface area (Å²) < 4.78 is 23.2. The van der Waals surface area contributed by atoms with E-state index in [9.17, 15) is 13.2 Å². The lowest BCUT2D eigenvalue weighted by Gasteiger charge is -2.25. The summed E-state index contributed by atoms with van der Waals surface area (Å²) in [6.07, 6.45) is 5.31. The van der Waals surface area contributed by atoms with E-state index in [2.05, 4.69) is 17.1 Å². The molecular weight excluding hydrogens is 372 g/mol. The normalized spacial score (nSPS) is 12.8. The Morgan fingerprint density at radius 3 is 2.46 bits per heavy atom. The molecule has 3 aromatic rings. The predicted octanol–water partition coefficient (Wildman–Crippen LogP) is 4.11. The van der Waals surface area contributed by atoms with Crippen molar-refractivity contribution >= 4 is 26.6 Å². The van der Waals surface area contributed by atoms with Crippen molar-refractivity contribution in [1.29, 1.82) is 0 Å². The first-order chi connectivity index (χ1) is 13.3. The Kier molecular flexibility index (Phi) is 5.89. The summed E-state index contributed by atoms with van der Waals surface area (Å²) >= 11 is 0. The maximum absolute atomic E-state index is 12.6. The lowest BCUT2D eigenvalue weighted by molar-refractivity contribution is -0.131. The Morgan fingerprint density at radius 1 is 1.11 bits per heavy atom. The number of nitrogens with zero attached hydrogens (tertiary/aromatic N) is 1. The van der Waals surface area contributed by atoms with Gasteiger partial charge < -0.3 is 9.88 Å². The maximum Gasteiger partial charge on any atom is 0.222 e. The van der Waals surface area contributed by atoms with E-state index in [1.54, 1.807) is 36.2 Å². The number of hydrogen-bond acceptors (Lipinski definition) is 3. The molecule has 0 aliphatic rings. The number of hydrogen-bond donors (Lipinski definition) is 1. The van der Waals surface area contributed by atoms with Gasteiger partial charge in [-0.1, -0.05) is 30.3 Å². The van der Waals surface area contributed by atoms with E-state index in [1.165, 1.54) is 17.2 Å². The Balaban J connectivity index is 1.57. The van der Waals surface area contributed by atoms with Crippen LogP contribution < -0.4 is 0 Å². The first-order valence-electron chi connectivity index (χ1n) is 9.38. The average Bonchev–Trinajstić information content (AvgIpc) is 3.09. The first-order valence-corrected chi connectivity index (χ1v) is 11.3. The number of H-pyrrole nitrogens is 1. The second-order valence-corrected chi connectivity index (χ2v) is 9.25. The molecule has 5 nitrogen and oxygen atoms in total. The van der Waals surface area contributed by atoms with Gasteiger partial charge in [0.05, 0.1) is 10.9 Å². The summed E-state index contributed by atoms with van der Waals surface area (Å²) in [5, 5.41) is 1.21. The van der Waals surface area contributed by atoms with Crippen molar-refractivity contribution in [2.24, 2.45) is 0 Å². The maximum atomic E-state index is 12.6. The number of amides is 1. The predicted molar refractivity (Wildman–Crippen MR) is 112 cm³/mol. The molecule has 148 valence electrons. The zero-order chi connectivity index (χ0) is 20.3. The quantitative estimate of drug-likeness (QED) is 0.651. The van der Waals surface area contributed by atoms with Crippen molar-refractivity contribution in [2.75, 3.05) is 13.3 Å². The molecule has 6 heteroatoms. The largest absolute Gasteiger partial charge is 0.361 e. The average molecular weight is 399 g/mol. The molecule has 0 radical (unpaired) electrons. The van der Waals surface area contributed by atoms with Crippen molar-refractivity contribution < 1.29 is 13.2 Å². The number of aromatic amines is 1. The molecule has 1 N–H and O–H groups in total. The monoisotopic (exact) mass is 398 g/mol. The van der Waals surface area contributed by atoms with Crippen molar-refractivity contribution in [3.05, 3.63) is 65.9 Å². The van der Waals surface area contributed by atoms with Crippen LogP contribution in [0.25, 0.3) is 10.9 Å². The highest BCUT2D eigenvalue weighted by atomic mass is 32.2. The number of carbonyl (C=O) groups excluding carboxylic acids is 1. The Labute approximate surface area is 166 Å². The Morgan fingerprint density at radius 2 is 1.79 bits per heavy atom. The molecule has 0 aliphatic heterocycles. The molecule has 0 saturated heterocycles. The lowest BCUT2D eigenvalue weighted by atomic mass is 10.0. The highest BCUT2D eigenvalue weighted by Crippen LogP contribution is 2.23. The number of rotatable bonds is 7. The summed E-state index contributed by atoms with van der Waals surface area (Å²) in [5.41, 5.74) is 3.27. The zero-order valence-electron chi connectivity index (χ0n) is 16.5. The molecular formula is C22H26N2O3S. The molecule has 1 amide bonds. The molecule has 2 aromatic carbocycles. The van der Waals surface area contributed by atoms with Gasteiger partial charge in [0.2, 0.25) is 5.91 Å². The first kappa shape index (κ1) is 20.1. The van der Waals surface area contributed by atoms with E-state index in [0.29, 0.717) is 6.42 Å². The van der Waals surface area contributed by atoms with Crippen LogP contribution in [0.3, 0.4) is 0 Å². The van der Waals surface area contributed by atoms with Crippen LogP contribution in [0.5, 0.6) is 0 Å². The number of carbonyl (C=O) groups is 1. The molecule has 0 saturated carbocycles. The topological polar surface area (TPSA) is 70.2 Å². The van der Waals surface area contributed by atoms with Crippen molar-refractivity contribution in [2.45, 2.75) is 37.1 Å². The fraction of sp³-hybridized carbons (Fsp3) is 0.318. The Bertz CT molecular complexity index is 1070. The molecule has 1 aromatic heterocycles. The van der Waals surface area contributed by atoms with Crippen LogP contribution in [0.1, 0.15) is 36.9 Å². The van der Waals surface area contributed by atoms with Gasteiger partial charge in [-0.25, -0.2) is 8.42 Å². The van der Waals surface area contributed by atoms with Crippen molar-refractivity contribution in [3.8, 4) is 0 Å². The van der Waals surface area contributed by atoms with E-state index in [1.807, 2.05) is 25.3 Å². The molecule has 1 heterocycles. The summed E-state index contributed by atoms with van der Waals surface area (Å²) in [5.74, 6) is 0.0829. The van der Waals surface area contributed by atoms with Gasteiger partial charge >= 0.3 is 0 Å². The number of aryl methyl sites for hydroxylation is 1. The van der Waals surface area contributed by atoms with E-state index < -0.39 is 9.84 Å². The molecule has 0 aliphatic carbocycles. The molecule has 28 heavy (non-hydrogen) atoms. The van der Waals surface area contributed by atoms with Crippen LogP contribution in [0.2, 0.25) is 0 Å². The standard InChI is InChI=1S/C22H26N2O3S/c1-16(17-11-13-19(14-12-17)28(3,26)27)24(2)22(25)10-6-7-18-15-23-21-9-5-4-8-20(18)21/h4-5,8-9,11-16,23H,6-7,10H2,1-3H3. The van der Waals surface area contributed by atoms with Crippen LogP contribution >= 0.6 is 0 Å². The van der Waals surface area contributed by atoms with Crippen LogP contribution in [-0.4, -0.2) is 37.5 Å². The van der Waals surface area contributed by atoms with Gasteiger partial charge in [0.25, 0.3) is 0 Å². The SMILES string of the molecule is CC(c1ccc(S(C)(=O)=O)cc1)N(C)C(=O)CCCc1c[nH]c2ccccc12. The summed E-state index contributed by atoms with van der Waals surface area (Å²) in [6.45, 7) is 1.95. The third kappa shape index (κ3) is 4.44. The summed E-state index contributed by atoms with van der Waals surface area (Å²) in [7, 11) is -1.42. The fourth-order valence-corrected chi connectivity index (χ4v) is 4.01. The third-order valence-electron chi connectivity index (χ3n) is 5.28. The van der Waals surface area contributed by atoms with Crippen LogP contribution in [0.4, 0.5) is 0 Å². The second kappa shape index (κ2) is 8.19. The summed E-state index contributed by atoms with van der Waals surface area (Å²) in [4.78, 5) is 17.9. The number of aromatic nitrogens is 1. The lowest BCUT2D eigenvalue weighted by Crippen LogP contribution is -2.29. The molecule has 1 atom stereocenters. The number of para-hydroxylation sites is 1. The van der Waals surface area contributed by atoms with Crippen LogP contribution in [0.15, 0.2) is 59.6 Å². The van der Waals surface area contributed by atoms with Gasteiger partial charge in [0.15, 0.2) is 9.84 Å². The highest BCUT2D eigenvalue weighted by Gasteiger charge is 2.18. The number of nitrogens with one attached hydrogen (secondary N) is 1. The van der Waals surface area contributed by atoms with Crippen molar-refractivity contribution in [1.82, 2.24) is 9.88 Å². The van der Waals surface area contributed by atoms with Gasteiger partial charge in [0, 0.05) is 36.8 Å². The van der Waals surface area contributed by atoms with Gasteiger partial charge in [-0.05, 0) is 49.1 Å². The second-order valence-electron chi connectivity index (χ2n) is 7.23. The van der Waals surface area contributed by atoms with E-state index in [4.69, 9.17) is 0 Å². The van der Waals surface area contributed by atoms with Gasteiger partial charge in [-0.15, -0.1) is 0 Å². The molecule has 0 spiro atoms. The molecule has 3 rings (SSSR count). The third-order valence-corrected chi connectivity index (χ3v) is 6.41. The minimum Gasteiger partial charge on any atom is -0.361 e. The zero-order valence-corrected chi connectivity index (χ0v) is 17.3. The minimum absolute atomic E-state index is 0.0829. The van der Waals surface area contributed by atoms with Gasteiger partial charge in [-0.2, -0.15) is 0 Å². The molecule has 1 unspecified atom stereocenters. The summed E-state index contributed by atoms with van der Waals surface area (Å²) in [6, 6.07) is 14.8. The van der Waals surface area contributed by atoms with Crippen molar-refractivity contribution in [3.63, 3.8) is 0 Å². The smallest absolute Gasteiger partial charge is 0.222 e. The Hall–Kier alpha value is -2.60. The molecule has 0 bridgehead atoms. The van der Waals surface area contributed by atoms with Crippen LogP contribution in [-0.2, 0) is 21.1 Å². The van der Waals surface area contributed by atoms with Gasteiger partial charge in [0.1, 0.15) is 0 Å². The fourth-order valence-electron chi connectivity index (χ4n) is 3.38. The van der Waals surface area contributed by atoms with E-state index >= 15 is 0 Å². The number of benzene rings is 2. The highest BCUT2D eigenvalue weighted by molar-refractivity contribution is 7.90. The number of fused-ring (bicyclic) bond motifs is 1. The van der Waals surface area contributed by atoms with E-state index in [-0.39, 0.29) is 16.8 Å². The number of sulfone groups is 1. The van der Waals surface area contributed by atoms with Crippen LogP contribution in [0, 0.1) is 0 Å². The van der Waals surface area contributed by atoms with Gasteiger partial charge in [-0.3, -0.25) is 4.79 Å². The molecule has 0 fully saturated rings. The minimum atomic E-state index is -3.21. The van der Waals surface area contributed by atoms with E-state index in [0.717, 1.165) is 23.9 Å².